The molecule has 3 aromatic rings. The number of aryl methyl sites for hydroxylation is 1. The Balaban J connectivity index is 1.40. The van der Waals surface area contributed by atoms with E-state index < -0.39 is 6.04 Å². The highest BCUT2D eigenvalue weighted by molar-refractivity contribution is 7.20. The van der Waals surface area contributed by atoms with E-state index in [0.717, 1.165) is 47.3 Å². The summed E-state index contributed by atoms with van der Waals surface area (Å²) in [7, 11) is 0. The van der Waals surface area contributed by atoms with Gasteiger partial charge in [0.25, 0.3) is 5.91 Å². The molecule has 5 rings (SSSR count). The molecule has 2 aliphatic carbocycles. The molecule has 2 amide bonds. The Kier molecular flexibility index (Phi) is 5.76. The monoisotopic (exact) mass is 450 g/mol. The maximum atomic E-state index is 13.6. The smallest absolute Gasteiger partial charge is 0.264 e. The summed E-state index contributed by atoms with van der Waals surface area (Å²) in [4.78, 5) is 30.1. The zero-order valence-corrected chi connectivity index (χ0v) is 19.5. The minimum Gasteiger partial charge on any atom is -0.352 e. The molecule has 2 aromatic heterocycles. The van der Waals surface area contributed by atoms with E-state index in [1.165, 1.54) is 30.6 Å². The zero-order valence-electron chi connectivity index (χ0n) is 18.7. The van der Waals surface area contributed by atoms with E-state index in [1.807, 2.05) is 59.8 Å². The van der Waals surface area contributed by atoms with Gasteiger partial charge in [-0.15, -0.1) is 11.3 Å². The summed E-state index contributed by atoms with van der Waals surface area (Å²) >= 11 is 1.46. The van der Waals surface area contributed by atoms with Crippen LogP contribution in [0, 0.1) is 6.92 Å². The van der Waals surface area contributed by atoms with Crippen LogP contribution < -0.4 is 5.32 Å². The van der Waals surface area contributed by atoms with E-state index in [4.69, 9.17) is 0 Å². The number of para-hydroxylation sites is 1. The van der Waals surface area contributed by atoms with Crippen molar-refractivity contribution >= 4 is 33.4 Å². The number of carbonyl (C=O) groups is 2. The molecule has 0 spiro atoms. The number of thiophene rings is 1. The van der Waals surface area contributed by atoms with Crippen LogP contribution in [0.2, 0.25) is 0 Å². The van der Waals surface area contributed by atoms with E-state index in [0.29, 0.717) is 4.88 Å². The Morgan fingerprint density at radius 3 is 2.53 bits per heavy atom. The third-order valence-corrected chi connectivity index (χ3v) is 7.78. The molecule has 32 heavy (non-hydrogen) atoms. The fraction of sp³-hybridized carbons (Fsp3) is 0.480. The number of amides is 2. The average molecular weight is 451 g/mol. The molecule has 1 atom stereocenters. The molecule has 2 saturated carbocycles. The number of nitrogens with one attached hydrogen (secondary N) is 1. The summed E-state index contributed by atoms with van der Waals surface area (Å²) in [6.45, 7) is 3.85. The van der Waals surface area contributed by atoms with Crippen molar-refractivity contribution in [1.29, 1.82) is 0 Å². The topological polar surface area (TPSA) is 67.2 Å². The normalized spacial score (nSPS) is 17.9. The number of fused-ring (bicyclic) bond motifs is 1. The van der Waals surface area contributed by atoms with Crippen LogP contribution in [0.3, 0.4) is 0 Å². The second kappa shape index (κ2) is 8.70. The first kappa shape index (κ1) is 21.2. The average Bonchev–Trinajstić information content (AvgIpc) is 3.46. The standard InChI is InChI=1S/C25H30N4O2S/c1-16-21-15-22(32-25(21)29(27-16)20-11-7-4-8-12-20)24(31)28(19-13-14-19)17(2)23(30)26-18-9-5-3-6-10-18/h4,7-8,11-12,15,17-19H,3,5-6,9-10,13-14H2,1-2H3,(H,26,30)/t17-/m1/s1. The largest absolute Gasteiger partial charge is 0.352 e. The van der Waals surface area contributed by atoms with Crippen LogP contribution in [0.15, 0.2) is 36.4 Å². The van der Waals surface area contributed by atoms with Crippen molar-refractivity contribution in [3.63, 3.8) is 0 Å². The molecule has 0 radical (unpaired) electrons. The summed E-state index contributed by atoms with van der Waals surface area (Å²) in [5, 5.41) is 8.88. The summed E-state index contributed by atoms with van der Waals surface area (Å²) in [6, 6.07) is 11.9. The van der Waals surface area contributed by atoms with Crippen LogP contribution in [0.25, 0.3) is 15.9 Å². The molecule has 168 valence electrons. The van der Waals surface area contributed by atoms with Crippen molar-refractivity contribution in [2.75, 3.05) is 0 Å². The quantitative estimate of drug-likeness (QED) is 0.584. The summed E-state index contributed by atoms with van der Waals surface area (Å²) in [6.07, 6.45) is 7.61. The van der Waals surface area contributed by atoms with Crippen molar-refractivity contribution in [2.45, 2.75) is 76.9 Å². The van der Waals surface area contributed by atoms with Crippen LogP contribution in [-0.4, -0.2) is 44.6 Å². The fourth-order valence-corrected chi connectivity index (χ4v) is 5.86. The van der Waals surface area contributed by atoms with Crippen LogP contribution in [0.5, 0.6) is 0 Å². The Morgan fingerprint density at radius 2 is 1.84 bits per heavy atom. The maximum Gasteiger partial charge on any atom is 0.264 e. The first-order valence-electron chi connectivity index (χ1n) is 11.7. The maximum absolute atomic E-state index is 13.6. The minimum atomic E-state index is -0.464. The third kappa shape index (κ3) is 4.06. The van der Waals surface area contributed by atoms with Crippen LogP contribution in [0.4, 0.5) is 0 Å². The SMILES string of the molecule is Cc1nn(-c2ccccc2)c2sc(C(=O)N(C3CC3)[C@H](C)C(=O)NC3CCCCC3)cc12. The number of rotatable bonds is 6. The predicted molar refractivity (Wildman–Crippen MR) is 127 cm³/mol. The van der Waals surface area contributed by atoms with Gasteiger partial charge in [0, 0.05) is 17.5 Å². The first-order valence-corrected chi connectivity index (χ1v) is 12.5. The van der Waals surface area contributed by atoms with E-state index >= 15 is 0 Å². The molecule has 2 fully saturated rings. The van der Waals surface area contributed by atoms with E-state index in [9.17, 15) is 9.59 Å². The first-order chi connectivity index (χ1) is 15.5. The van der Waals surface area contributed by atoms with Crippen LogP contribution >= 0.6 is 11.3 Å². The Morgan fingerprint density at radius 1 is 1.12 bits per heavy atom. The number of hydrogen-bond donors (Lipinski definition) is 1. The lowest BCUT2D eigenvalue weighted by Crippen LogP contribution is -2.51. The minimum absolute atomic E-state index is 0.0232. The van der Waals surface area contributed by atoms with Gasteiger partial charge in [-0.25, -0.2) is 4.68 Å². The third-order valence-electron chi connectivity index (χ3n) is 6.68. The van der Waals surface area contributed by atoms with Gasteiger partial charge in [0.05, 0.1) is 16.3 Å². The zero-order chi connectivity index (χ0) is 22.2. The number of hydrogen-bond acceptors (Lipinski definition) is 4. The molecule has 0 saturated heterocycles. The lowest BCUT2D eigenvalue weighted by molar-refractivity contribution is -0.126. The van der Waals surface area contributed by atoms with Crippen LogP contribution in [-0.2, 0) is 4.79 Å². The van der Waals surface area contributed by atoms with Crippen LogP contribution in [0.1, 0.15) is 67.2 Å². The molecule has 2 heterocycles. The fourth-order valence-electron chi connectivity index (χ4n) is 4.73. The molecule has 2 aliphatic rings. The van der Waals surface area contributed by atoms with Gasteiger partial charge < -0.3 is 10.2 Å². The van der Waals surface area contributed by atoms with Gasteiger partial charge in [-0.05, 0) is 57.7 Å². The molecular weight excluding hydrogens is 420 g/mol. The van der Waals surface area contributed by atoms with E-state index in [-0.39, 0.29) is 23.9 Å². The molecule has 7 heteroatoms. The number of aromatic nitrogens is 2. The lowest BCUT2D eigenvalue weighted by atomic mass is 9.95. The molecule has 0 aliphatic heterocycles. The summed E-state index contributed by atoms with van der Waals surface area (Å²) in [5.41, 5.74) is 1.88. The molecule has 6 nitrogen and oxygen atoms in total. The highest BCUT2D eigenvalue weighted by Crippen LogP contribution is 2.35. The highest BCUT2D eigenvalue weighted by Gasteiger charge is 2.40. The highest BCUT2D eigenvalue weighted by atomic mass is 32.1. The number of carbonyl (C=O) groups excluding carboxylic acids is 2. The van der Waals surface area contributed by atoms with Crippen molar-refractivity contribution in [3.05, 3.63) is 47.0 Å². The van der Waals surface area contributed by atoms with Crippen molar-refractivity contribution in [1.82, 2.24) is 20.0 Å². The second-order valence-corrected chi connectivity index (χ2v) is 10.2. The predicted octanol–water partition coefficient (Wildman–Crippen LogP) is 4.84. The van der Waals surface area contributed by atoms with Crippen molar-refractivity contribution < 1.29 is 9.59 Å². The van der Waals surface area contributed by atoms with Crippen molar-refractivity contribution in [3.8, 4) is 5.69 Å². The lowest BCUT2D eigenvalue weighted by Gasteiger charge is -2.31. The Labute approximate surface area is 192 Å². The van der Waals surface area contributed by atoms with Gasteiger partial charge in [0.2, 0.25) is 5.91 Å². The molecule has 1 N–H and O–H groups in total. The summed E-state index contributed by atoms with van der Waals surface area (Å²) in [5.74, 6) is -0.0658. The van der Waals surface area contributed by atoms with Gasteiger partial charge in [-0.1, -0.05) is 37.5 Å². The van der Waals surface area contributed by atoms with Gasteiger partial charge in [0.1, 0.15) is 10.9 Å². The summed E-state index contributed by atoms with van der Waals surface area (Å²) < 4.78 is 1.91. The second-order valence-electron chi connectivity index (χ2n) is 9.13. The molecule has 1 aromatic carbocycles. The Bertz CT molecular complexity index is 1130. The van der Waals surface area contributed by atoms with Gasteiger partial charge in [-0.2, -0.15) is 5.10 Å². The van der Waals surface area contributed by atoms with E-state index in [2.05, 4.69) is 10.4 Å². The molecule has 0 bridgehead atoms. The van der Waals surface area contributed by atoms with E-state index in [1.54, 1.807) is 0 Å². The van der Waals surface area contributed by atoms with Gasteiger partial charge in [0.15, 0.2) is 0 Å². The van der Waals surface area contributed by atoms with Gasteiger partial charge in [-0.3, -0.25) is 9.59 Å². The van der Waals surface area contributed by atoms with Crippen molar-refractivity contribution in [2.24, 2.45) is 0 Å². The Hall–Kier alpha value is -2.67. The molecule has 0 unspecified atom stereocenters. The number of nitrogens with zero attached hydrogens (tertiary/aromatic N) is 3. The number of benzene rings is 1. The molecular formula is C25H30N4O2S. The van der Waals surface area contributed by atoms with Gasteiger partial charge >= 0.3 is 0 Å².